The van der Waals surface area contributed by atoms with Crippen molar-refractivity contribution in [3.8, 4) is 11.1 Å². The predicted octanol–water partition coefficient (Wildman–Crippen LogP) is 7.97. The Balaban J connectivity index is 1.68. The molecular weight excluding hydrogens is 521 g/mol. The number of rotatable bonds is 6. The van der Waals surface area contributed by atoms with Crippen LogP contribution in [0.4, 0.5) is 8.78 Å². The summed E-state index contributed by atoms with van der Waals surface area (Å²) in [5, 5.41) is 0.657. The van der Waals surface area contributed by atoms with Gasteiger partial charge in [-0.15, -0.1) is 0 Å². The molecule has 174 valence electrons. The molecule has 0 aliphatic rings. The topological polar surface area (TPSA) is 0 Å². The summed E-state index contributed by atoms with van der Waals surface area (Å²) in [6.45, 7) is 0. The fraction of sp³-hybridized carbons (Fsp3) is 0.0323. The average Bonchev–Trinajstić information content (AvgIpc) is 2.92. The minimum atomic E-state index is -3.09. The third-order valence-corrected chi connectivity index (χ3v) is 16.1. The van der Waals surface area contributed by atoms with Crippen molar-refractivity contribution in [2.75, 3.05) is 0 Å². The van der Waals surface area contributed by atoms with Gasteiger partial charge in [0.25, 0.3) is 0 Å². The summed E-state index contributed by atoms with van der Waals surface area (Å²) in [6, 6.07) is 44.1. The van der Waals surface area contributed by atoms with Crippen LogP contribution < -0.4 is 15.9 Å². The van der Waals surface area contributed by atoms with Gasteiger partial charge in [-0.1, -0.05) is 0 Å². The molecule has 0 heterocycles. The molecule has 0 saturated carbocycles. The SMILES string of the molecule is Fc1ccc(-c2ccc(CP(Br)(c3ccccc3)(c3ccccc3)c3ccccc3)cc2)cc1F. The standard InChI is InChI=1S/C31H24BrF2P/c32-35(27-10-4-1-5-11-27,28-12-6-2-7-13-28,29-14-8-3-9-15-29)23-24-16-18-25(19-17-24)26-20-21-30(33)31(34)22-26/h1-22H,23H2. The molecule has 0 aliphatic carbocycles. The maximum absolute atomic E-state index is 13.8. The van der Waals surface area contributed by atoms with Gasteiger partial charge in [0.15, 0.2) is 0 Å². The van der Waals surface area contributed by atoms with Gasteiger partial charge in [0, 0.05) is 0 Å². The van der Waals surface area contributed by atoms with Crippen molar-refractivity contribution in [2.24, 2.45) is 0 Å². The molecule has 0 aromatic heterocycles. The molecule has 0 fully saturated rings. The fourth-order valence-corrected chi connectivity index (χ4v) is 12.5. The first-order valence-corrected chi connectivity index (χ1v) is 15.9. The summed E-state index contributed by atoms with van der Waals surface area (Å²) in [5.41, 5.74) is 2.66. The molecule has 5 rings (SSSR count). The second-order valence-electron chi connectivity index (χ2n) is 8.67. The zero-order valence-electron chi connectivity index (χ0n) is 19.0. The van der Waals surface area contributed by atoms with Gasteiger partial charge in [0.05, 0.1) is 0 Å². The van der Waals surface area contributed by atoms with Gasteiger partial charge in [0.2, 0.25) is 0 Å². The molecule has 35 heavy (non-hydrogen) atoms. The van der Waals surface area contributed by atoms with Gasteiger partial charge in [0.1, 0.15) is 0 Å². The summed E-state index contributed by atoms with van der Waals surface area (Å²) in [7, 11) is 0. The molecule has 0 unspecified atom stereocenters. The molecule has 0 aliphatic heterocycles. The Morgan fingerprint density at radius 2 is 0.914 bits per heavy atom. The molecular formula is C31H24BrF2P. The molecule has 0 amide bonds. The van der Waals surface area contributed by atoms with Crippen LogP contribution in [0.3, 0.4) is 0 Å². The Hall–Kier alpha value is -3.13. The van der Waals surface area contributed by atoms with Crippen LogP contribution in [0.25, 0.3) is 11.1 Å². The van der Waals surface area contributed by atoms with Gasteiger partial charge in [-0.05, 0) is 0 Å². The van der Waals surface area contributed by atoms with Crippen molar-refractivity contribution >= 4 is 36.7 Å². The zero-order valence-corrected chi connectivity index (χ0v) is 21.5. The summed E-state index contributed by atoms with van der Waals surface area (Å²) < 4.78 is 27.2. The van der Waals surface area contributed by atoms with Crippen LogP contribution >= 0.6 is 20.8 Å². The Morgan fingerprint density at radius 3 is 1.34 bits per heavy atom. The van der Waals surface area contributed by atoms with Gasteiger partial charge in [-0.2, -0.15) is 0 Å². The summed E-state index contributed by atoms with van der Waals surface area (Å²) in [4.78, 5) is 0. The van der Waals surface area contributed by atoms with E-state index in [2.05, 4.69) is 100 Å². The fourth-order valence-electron chi connectivity index (χ4n) is 4.76. The number of halogens is 3. The van der Waals surface area contributed by atoms with E-state index in [9.17, 15) is 8.78 Å². The summed E-state index contributed by atoms with van der Waals surface area (Å²) in [5.74, 6) is -1.68. The number of hydrogen-bond donors (Lipinski definition) is 0. The van der Waals surface area contributed by atoms with Crippen LogP contribution in [-0.4, -0.2) is 0 Å². The van der Waals surface area contributed by atoms with E-state index in [0.29, 0.717) is 5.56 Å². The molecule has 0 N–H and O–H groups in total. The third-order valence-electron chi connectivity index (χ3n) is 6.57. The van der Waals surface area contributed by atoms with E-state index in [1.165, 1.54) is 28.0 Å². The quantitative estimate of drug-likeness (QED) is 0.190. The zero-order chi connectivity index (χ0) is 24.3. The summed E-state index contributed by atoms with van der Waals surface area (Å²) >= 11 is 4.47. The number of hydrogen-bond acceptors (Lipinski definition) is 0. The third kappa shape index (κ3) is 4.24. The summed E-state index contributed by atoms with van der Waals surface area (Å²) in [6.07, 6.45) is 0.766. The van der Waals surface area contributed by atoms with Crippen LogP contribution in [0.5, 0.6) is 0 Å². The van der Waals surface area contributed by atoms with E-state index in [4.69, 9.17) is 0 Å². The molecule has 4 heteroatoms. The Kier molecular flexibility index (Phi) is 6.40. The normalized spacial score (nSPS) is 12.6. The van der Waals surface area contributed by atoms with Crippen molar-refractivity contribution in [1.29, 1.82) is 0 Å². The predicted molar refractivity (Wildman–Crippen MR) is 150 cm³/mol. The molecule has 5 aromatic rings. The molecule has 5 aromatic carbocycles. The molecule has 0 nitrogen and oxygen atoms in total. The molecule has 0 saturated heterocycles. The van der Waals surface area contributed by atoms with Crippen LogP contribution in [0.2, 0.25) is 0 Å². The molecule has 0 spiro atoms. The minimum absolute atomic E-state index is 0.654. The van der Waals surface area contributed by atoms with E-state index in [0.717, 1.165) is 17.3 Å². The van der Waals surface area contributed by atoms with Gasteiger partial charge >= 0.3 is 213 Å². The van der Waals surface area contributed by atoms with Gasteiger partial charge < -0.3 is 0 Å². The van der Waals surface area contributed by atoms with E-state index in [-0.39, 0.29) is 0 Å². The second kappa shape index (κ2) is 9.49. The van der Waals surface area contributed by atoms with Crippen LogP contribution in [0.15, 0.2) is 133 Å². The first-order chi connectivity index (χ1) is 17.0. The van der Waals surface area contributed by atoms with E-state index < -0.39 is 16.9 Å². The van der Waals surface area contributed by atoms with Crippen LogP contribution in [-0.2, 0) is 6.16 Å². The molecule has 0 radical (unpaired) electrons. The maximum atomic E-state index is 13.8. The Labute approximate surface area is 213 Å². The van der Waals surface area contributed by atoms with Gasteiger partial charge in [-0.25, -0.2) is 0 Å². The van der Waals surface area contributed by atoms with E-state index >= 15 is 0 Å². The molecule has 0 atom stereocenters. The van der Waals surface area contributed by atoms with Gasteiger partial charge in [-0.3, -0.25) is 0 Å². The second-order valence-corrected chi connectivity index (χ2v) is 17.6. The van der Waals surface area contributed by atoms with Crippen LogP contribution in [0.1, 0.15) is 5.56 Å². The molecule has 0 bridgehead atoms. The average molecular weight is 545 g/mol. The van der Waals surface area contributed by atoms with Crippen molar-refractivity contribution < 1.29 is 8.78 Å². The Morgan fingerprint density at radius 1 is 0.486 bits per heavy atom. The van der Waals surface area contributed by atoms with Crippen molar-refractivity contribution in [3.63, 3.8) is 0 Å². The van der Waals surface area contributed by atoms with Crippen molar-refractivity contribution in [3.05, 3.63) is 151 Å². The van der Waals surface area contributed by atoms with Crippen LogP contribution in [0, 0.1) is 11.6 Å². The van der Waals surface area contributed by atoms with E-state index in [1.807, 2.05) is 30.3 Å². The van der Waals surface area contributed by atoms with E-state index in [1.54, 1.807) is 6.07 Å². The Bertz CT molecular complexity index is 1340. The first kappa shape index (κ1) is 23.6. The van der Waals surface area contributed by atoms with Crippen molar-refractivity contribution in [2.45, 2.75) is 6.16 Å². The van der Waals surface area contributed by atoms with Crippen molar-refractivity contribution in [1.82, 2.24) is 0 Å². The number of benzene rings is 5. The monoisotopic (exact) mass is 544 g/mol. The first-order valence-electron chi connectivity index (χ1n) is 11.4.